The number of benzene rings is 1. The van der Waals surface area contributed by atoms with E-state index in [1.54, 1.807) is 6.21 Å². The molecule has 1 heterocycles. The lowest BCUT2D eigenvalue weighted by atomic mass is 10.2. The molecule has 0 bridgehead atoms. The van der Waals surface area contributed by atoms with Crippen molar-refractivity contribution in [2.24, 2.45) is 5.10 Å². The Morgan fingerprint density at radius 3 is 2.62 bits per heavy atom. The molecule has 1 aromatic carbocycles. The summed E-state index contributed by atoms with van der Waals surface area (Å²) in [6, 6.07) is 8.05. The Hall–Kier alpha value is -1.61. The summed E-state index contributed by atoms with van der Waals surface area (Å²) in [6.45, 7) is 5.67. The number of nitrogens with zero attached hydrogens (tertiary/aromatic N) is 1. The molecule has 86 valence electrons. The van der Waals surface area contributed by atoms with Crippen LogP contribution in [0.1, 0.15) is 19.4 Å². The maximum atomic E-state index is 4.83. The molecular formula is C13H18N2O. The van der Waals surface area contributed by atoms with E-state index in [4.69, 9.17) is 4.74 Å². The van der Waals surface area contributed by atoms with Gasteiger partial charge in [-0.05, 0) is 31.6 Å². The van der Waals surface area contributed by atoms with Crippen molar-refractivity contribution in [3.63, 3.8) is 0 Å². The van der Waals surface area contributed by atoms with Crippen LogP contribution >= 0.6 is 0 Å². The van der Waals surface area contributed by atoms with Gasteiger partial charge in [0.15, 0.2) is 0 Å². The second kappa shape index (κ2) is 7.65. The molecule has 1 aliphatic heterocycles. The largest absolute Gasteiger partial charge is 0.382 e. The molecule has 0 aliphatic carbocycles. The predicted octanol–water partition coefficient (Wildman–Crippen LogP) is 3.15. The lowest BCUT2D eigenvalue weighted by Gasteiger charge is -2.00. The molecule has 3 nitrogen and oxygen atoms in total. The van der Waals surface area contributed by atoms with Crippen molar-refractivity contribution in [2.45, 2.75) is 13.8 Å². The standard InChI is InChI=1S/C9H8N2.C4H10O/c1-2-6-9-8(4-1)5-3-7-10-11-9;1-3-5-4-2/h1-7,11H;3-4H2,1-2H3. The van der Waals surface area contributed by atoms with Crippen LogP contribution in [0.5, 0.6) is 0 Å². The van der Waals surface area contributed by atoms with Gasteiger partial charge < -0.3 is 4.74 Å². The summed E-state index contributed by atoms with van der Waals surface area (Å²) in [5, 5.41) is 3.95. The highest BCUT2D eigenvalue weighted by Gasteiger charge is 1.96. The van der Waals surface area contributed by atoms with E-state index in [1.165, 1.54) is 5.56 Å². The summed E-state index contributed by atoms with van der Waals surface area (Å²) in [4.78, 5) is 0. The van der Waals surface area contributed by atoms with E-state index in [1.807, 2.05) is 50.3 Å². The van der Waals surface area contributed by atoms with Crippen LogP contribution < -0.4 is 5.43 Å². The first-order valence-corrected chi connectivity index (χ1v) is 5.51. The molecule has 0 saturated carbocycles. The smallest absolute Gasteiger partial charge is 0.0634 e. The van der Waals surface area contributed by atoms with Gasteiger partial charge in [0.05, 0.1) is 5.69 Å². The van der Waals surface area contributed by atoms with Gasteiger partial charge in [-0.1, -0.05) is 24.3 Å². The third kappa shape index (κ3) is 4.28. The van der Waals surface area contributed by atoms with Gasteiger partial charge in [-0.2, -0.15) is 5.10 Å². The summed E-state index contributed by atoms with van der Waals surface area (Å²) in [6.07, 6.45) is 5.68. The molecule has 1 N–H and O–H groups in total. The highest BCUT2D eigenvalue weighted by molar-refractivity contribution is 5.83. The van der Waals surface area contributed by atoms with Crippen LogP contribution in [0.15, 0.2) is 35.4 Å². The zero-order valence-corrected chi connectivity index (χ0v) is 9.81. The minimum Gasteiger partial charge on any atom is -0.382 e. The van der Waals surface area contributed by atoms with Crippen molar-refractivity contribution in [1.82, 2.24) is 0 Å². The fourth-order valence-electron chi connectivity index (χ4n) is 1.24. The lowest BCUT2D eigenvalue weighted by Crippen LogP contribution is -1.87. The number of hydrogen-bond donors (Lipinski definition) is 1. The maximum Gasteiger partial charge on any atom is 0.0634 e. The van der Waals surface area contributed by atoms with Crippen molar-refractivity contribution >= 4 is 18.0 Å². The Balaban J connectivity index is 0.000000221. The Morgan fingerprint density at radius 2 is 1.94 bits per heavy atom. The van der Waals surface area contributed by atoms with Crippen LogP contribution in [0.25, 0.3) is 6.08 Å². The van der Waals surface area contributed by atoms with Crippen LogP contribution in [0.4, 0.5) is 5.69 Å². The van der Waals surface area contributed by atoms with E-state index >= 15 is 0 Å². The highest BCUT2D eigenvalue weighted by Crippen LogP contribution is 2.17. The average molecular weight is 218 g/mol. The first-order chi connectivity index (χ1) is 7.88. The van der Waals surface area contributed by atoms with Gasteiger partial charge in [0.2, 0.25) is 0 Å². The summed E-state index contributed by atoms with van der Waals surface area (Å²) in [5.74, 6) is 0. The van der Waals surface area contributed by atoms with E-state index in [9.17, 15) is 0 Å². The van der Waals surface area contributed by atoms with Gasteiger partial charge in [-0.3, -0.25) is 5.43 Å². The molecule has 1 aliphatic rings. The van der Waals surface area contributed by atoms with Gasteiger partial charge in [-0.25, -0.2) is 0 Å². The van der Waals surface area contributed by atoms with Crippen LogP contribution in [-0.2, 0) is 4.74 Å². The van der Waals surface area contributed by atoms with Gasteiger partial charge in [0, 0.05) is 19.4 Å². The number of hydrazone groups is 1. The molecular weight excluding hydrogens is 200 g/mol. The van der Waals surface area contributed by atoms with Crippen molar-refractivity contribution in [3.05, 3.63) is 35.9 Å². The van der Waals surface area contributed by atoms with E-state index < -0.39 is 0 Å². The molecule has 16 heavy (non-hydrogen) atoms. The van der Waals surface area contributed by atoms with Gasteiger partial charge in [0.1, 0.15) is 0 Å². The van der Waals surface area contributed by atoms with Gasteiger partial charge in [-0.15, -0.1) is 0 Å². The number of allylic oxidation sites excluding steroid dienone is 1. The summed E-state index contributed by atoms with van der Waals surface area (Å²) in [7, 11) is 0. The minimum absolute atomic E-state index is 0.844. The molecule has 0 saturated heterocycles. The summed E-state index contributed by atoms with van der Waals surface area (Å²) >= 11 is 0. The number of rotatable bonds is 2. The SMILES string of the molecule is C1=Cc2ccccc2NN=C1.CCOCC. The number of nitrogens with one attached hydrogen (secondary N) is 1. The quantitative estimate of drug-likeness (QED) is 0.827. The van der Waals surface area contributed by atoms with Crippen molar-refractivity contribution in [1.29, 1.82) is 0 Å². The second-order valence-electron chi connectivity index (χ2n) is 3.12. The van der Waals surface area contributed by atoms with Crippen LogP contribution in [-0.4, -0.2) is 19.4 Å². The number of ether oxygens (including phenoxy) is 1. The third-order valence-electron chi connectivity index (χ3n) is 1.99. The molecule has 0 aromatic heterocycles. The predicted molar refractivity (Wildman–Crippen MR) is 69.8 cm³/mol. The summed E-state index contributed by atoms with van der Waals surface area (Å²) < 4.78 is 4.83. The molecule has 0 radical (unpaired) electrons. The monoisotopic (exact) mass is 218 g/mol. The fourth-order valence-corrected chi connectivity index (χ4v) is 1.24. The lowest BCUT2D eigenvalue weighted by molar-refractivity contribution is 0.162. The number of anilines is 1. The fraction of sp³-hybridized carbons (Fsp3) is 0.308. The van der Waals surface area contributed by atoms with Gasteiger partial charge >= 0.3 is 0 Å². The normalized spacial score (nSPS) is 11.9. The number of fused-ring (bicyclic) bond motifs is 1. The molecule has 0 spiro atoms. The van der Waals surface area contributed by atoms with Crippen LogP contribution in [0, 0.1) is 0 Å². The van der Waals surface area contributed by atoms with E-state index in [2.05, 4.69) is 10.5 Å². The zero-order chi connectivity index (χ0) is 11.6. The van der Waals surface area contributed by atoms with Crippen LogP contribution in [0.3, 0.4) is 0 Å². The highest BCUT2D eigenvalue weighted by atomic mass is 16.5. The molecule has 0 unspecified atom stereocenters. The Morgan fingerprint density at radius 1 is 1.19 bits per heavy atom. The molecule has 3 heteroatoms. The van der Waals surface area contributed by atoms with Crippen molar-refractivity contribution in [3.8, 4) is 0 Å². The van der Waals surface area contributed by atoms with E-state index in [-0.39, 0.29) is 0 Å². The average Bonchev–Trinajstić information content (AvgIpc) is 2.56. The van der Waals surface area contributed by atoms with Crippen LogP contribution in [0.2, 0.25) is 0 Å². The first-order valence-electron chi connectivity index (χ1n) is 5.51. The van der Waals surface area contributed by atoms with Crippen molar-refractivity contribution in [2.75, 3.05) is 18.6 Å². The number of para-hydroxylation sites is 1. The second-order valence-corrected chi connectivity index (χ2v) is 3.12. The zero-order valence-electron chi connectivity index (χ0n) is 9.81. The minimum atomic E-state index is 0.844. The van der Waals surface area contributed by atoms with Crippen molar-refractivity contribution < 1.29 is 4.74 Å². The third-order valence-corrected chi connectivity index (χ3v) is 1.99. The first kappa shape index (κ1) is 12.5. The Bertz CT molecular complexity index is 357. The number of hydrogen-bond acceptors (Lipinski definition) is 3. The van der Waals surface area contributed by atoms with Gasteiger partial charge in [0.25, 0.3) is 0 Å². The Labute approximate surface area is 96.8 Å². The molecule has 0 amide bonds. The molecule has 2 rings (SSSR count). The topological polar surface area (TPSA) is 33.6 Å². The molecule has 0 atom stereocenters. The molecule has 0 fully saturated rings. The van der Waals surface area contributed by atoms with E-state index in [0.29, 0.717) is 0 Å². The molecule has 1 aromatic rings. The van der Waals surface area contributed by atoms with E-state index in [0.717, 1.165) is 18.9 Å². The maximum absolute atomic E-state index is 4.83. The Kier molecular flexibility index (Phi) is 5.96. The summed E-state index contributed by atoms with van der Waals surface area (Å²) in [5.41, 5.74) is 5.16.